The second-order valence-electron chi connectivity index (χ2n) is 5.81. The second kappa shape index (κ2) is 8.06. The molecule has 20 heavy (non-hydrogen) atoms. The number of piperazine rings is 1. The summed E-state index contributed by atoms with van der Waals surface area (Å²) in [6.45, 7) is 8.10. The van der Waals surface area contributed by atoms with Crippen molar-refractivity contribution >= 4 is 11.8 Å². The Labute approximate surface area is 128 Å². The van der Waals surface area contributed by atoms with E-state index in [0.717, 1.165) is 12.5 Å². The molecule has 1 aromatic rings. The van der Waals surface area contributed by atoms with Gasteiger partial charge >= 0.3 is 0 Å². The van der Waals surface area contributed by atoms with Gasteiger partial charge in [0.1, 0.15) is 0 Å². The van der Waals surface area contributed by atoms with Gasteiger partial charge in [0.2, 0.25) is 0 Å². The van der Waals surface area contributed by atoms with Crippen LogP contribution in [0.15, 0.2) is 30.3 Å². The molecule has 0 aliphatic carbocycles. The SMILES string of the molecule is CCC(C)C1CN(CCSC)C(c2ccccc2)CN1. The molecule has 1 aliphatic heterocycles. The summed E-state index contributed by atoms with van der Waals surface area (Å²) in [5.74, 6) is 1.97. The maximum absolute atomic E-state index is 3.78. The highest BCUT2D eigenvalue weighted by Gasteiger charge is 2.30. The lowest BCUT2D eigenvalue weighted by atomic mass is 9.93. The van der Waals surface area contributed by atoms with E-state index in [1.165, 1.54) is 30.8 Å². The molecule has 0 spiro atoms. The van der Waals surface area contributed by atoms with Crippen molar-refractivity contribution in [3.63, 3.8) is 0 Å². The molecule has 1 aromatic carbocycles. The van der Waals surface area contributed by atoms with Gasteiger partial charge in [-0.15, -0.1) is 0 Å². The van der Waals surface area contributed by atoms with Gasteiger partial charge in [0.25, 0.3) is 0 Å². The molecule has 1 heterocycles. The van der Waals surface area contributed by atoms with E-state index in [-0.39, 0.29) is 0 Å². The molecule has 1 fully saturated rings. The molecular weight excluding hydrogens is 264 g/mol. The predicted molar refractivity (Wildman–Crippen MR) is 90.4 cm³/mol. The Balaban J connectivity index is 2.07. The van der Waals surface area contributed by atoms with Gasteiger partial charge < -0.3 is 5.32 Å². The Bertz CT molecular complexity index is 382. The molecular formula is C17H28N2S. The van der Waals surface area contributed by atoms with Crippen LogP contribution in [0, 0.1) is 5.92 Å². The molecule has 0 aromatic heterocycles. The molecule has 3 unspecified atom stereocenters. The van der Waals surface area contributed by atoms with Crippen LogP contribution in [0.5, 0.6) is 0 Å². The molecule has 0 amide bonds. The smallest absolute Gasteiger partial charge is 0.0473 e. The van der Waals surface area contributed by atoms with Crippen LogP contribution in [0.4, 0.5) is 0 Å². The van der Waals surface area contributed by atoms with E-state index in [1.807, 2.05) is 11.8 Å². The van der Waals surface area contributed by atoms with Crippen LogP contribution < -0.4 is 5.32 Å². The highest BCUT2D eigenvalue weighted by Crippen LogP contribution is 2.26. The summed E-state index contributed by atoms with van der Waals surface area (Å²) in [5, 5.41) is 3.78. The highest BCUT2D eigenvalue weighted by molar-refractivity contribution is 7.98. The summed E-state index contributed by atoms with van der Waals surface area (Å²) in [7, 11) is 0. The monoisotopic (exact) mass is 292 g/mol. The minimum Gasteiger partial charge on any atom is -0.311 e. The summed E-state index contributed by atoms with van der Waals surface area (Å²) >= 11 is 1.95. The Morgan fingerprint density at radius 3 is 2.75 bits per heavy atom. The zero-order valence-electron chi connectivity index (χ0n) is 13.0. The first-order valence-corrected chi connectivity index (χ1v) is 9.17. The van der Waals surface area contributed by atoms with Crippen LogP contribution in [-0.2, 0) is 0 Å². The van der Waals surface area contributed by atoms with E-state index in [2.05, 4.69) is 60.7 Å². The van der Waals surface area contributed by atoms with Crippen LogP contribution in [0.25, 0.3) is 0 Å². The fraction of sp³-hybridized carbons (Fsp3) is 0.647. The quantitative estimate of drug-likeness (QED) is 0.865. The fourth-order valence-corrected chi connectivity index (χ4v) is 3.38. The van der Waals surface area contributed by atoms with Crippen LogP contribution >= 0.6 is 11.8 Å². The summed E-state index contributed by atoms with van der Waals surface area (Å²) < 4.78 is 0. The molecule has 0 saturated carbocycles. The van der Waals surface area contributed by atoms with Crippen molar-refractivity contribution < 1.29 is 0 Å². The summed E-state index contributed by atoms with van der Waals surface area (Å²) in [6, 6.07) is 12.1. The standard InChI is InChI=1S/C17H28N2S/c1-4-14(2)16-13-19(10-11-20-3)17(12-18-16)15-8-6-5-7-9-15/h5-9,14,16-18H,4,10-13H2,1-3H3. The van der Waals surface area contributed by atoms with Gasteiger partial charge in [0, 0.05) is 37.5 Å². The van der Waals surface area contributed by atoms with Crippen LogP contribution in [0.3, 0.4) is 0 Å². The lowest BCUT2D eigenvalue weighted by Crippen LogP contribution is -2.55. The fourth-order valence-electron chi connectivity index (χ4n) is 2.96. The van der Waals surface area contributed by atoms with E-state index in [1.54, 1.807) is 0 Å². The van der Waals surface area contributed by atoms with Crippen molar-refractivity contribution in [1.29, 1.82) is 0 Å². The number of hydrogen-bond acceptors (Lipinski definition) is 3. The van der Waals surface area contributed by atoms with Crippen molar-refractivity contribution in [3.8, 4) is 0 Å². The number of benzene rings is 1. The Morgan fingerprint density at radius 1 is 1.35 bits per heavy atom. The van der Waals surface area contributed by atoms with Gasteiger partial charge in [-0.3, -0.25) is 4.90 Å². The zero-order chi connectivity index (χ0) is 14.4. The summed E-state index contributed by atoms with van der Waals surface area (Å²) in [6.07, 6.45) is 3.45. The largest absolute Gasteiger partial charge is 0.311 e. The maximum atomic E-state index is 3.78. The van der Waals surface area contributed by atoms with Crippen molar-refractivity contribution in [2.45, 2.75) is 32.4 Å². The van der Waals surface area contributed by atoms with Gasteiger partial charge in [-0.05, 0) is 17.7 Å². The Kier molecular flexibility index (Phi) is 6.40. The average molecular weight is 292 g/mol. The third-order valence-electron chi connectivity index (χ3n) is 4.54. The molecule has 3 heteroatoms. The minimum atomic E-state index is 0.531. The highest BCUT2D eigenvalue weighted by atomic mass is 32.2. The van der Waals surface area contributed by atoms with Gasteiger partial charge in [-0.1, -0.05) is 50.6 Å². The summed E-state index contributed by atoms with van der Waals surface area (Å²) in [4.78, 5) is 2.68. The molecule has 2 nitrogen and oxygen atoms in total. The number of rotatable bonds is 6. The molecule has 112 valence electrons. The lowest BCUT2D eigenvalue weighted by molar-refractivity contribution is 0.116. The molecule has 1 N–H and O–H groups in total. The number of thioether (sulfide) groups is 1. The van der Waals surface area contributed by atoms with E-state index >= 15 is 0 Å². The van der Waals surface area contributed by atoms with Gasteiger partial charge in [0.05, 0.1) is 0 Å². The number of hydrogen-bond donors (Lipinski definition) is 1. The molecule has 0 bridgehead atoms. The van der Waals surface area contributed by atoms with Crippen LogP contribution in [-0.4, -0.2) is 42.6 Å². The van der Waals surface area contributed by atoms with E-state index < -0.39 is 0 Å². The lowest BCUT2D eigenvalue weighted by Gasteiger charge is -2.42. The average Bonchev–Trinajstić information content (AvgIpc) is 2.52. The first-order valence-electron chi connectivity index (χ1n) is 7.77. The van der Waals surface area contributed by atoms with Gasteiger partial charge in [0.15, 0.2) is 0 Å². The summed E-state index contributed by atoms with van der Waals surface area (Å²) in [5.41, 5.74) is 1.45. The predicted octanol–water partition coefficient (Wildman–Crippen LogP) is 3.41. The first-order chi connectivity index (χ1) is 9.76. The Morgan fingerprint density at radius 2 is 2.10 bits per heavy atom. The third-order valence-corrected chi connectivity index (χ3v) is 5.13. The Hall–Kier alpha value is -0.510. The zero-order valence-corrected chi connectivity index (χ0v) is 13.8. The second-order valence-corrected chi connectivity index (χ2v) is 6.80. The number of nitrogens with one attached hydrogen (secondary N) is 1. The van der Waals surface area contributed by atoms with Crippen LogP contribution in [0.2, 0.25) is 0 Å². The minimum absolute atomic E-state index is 0.531. The maximum Gasteiger partial charge on any atom is 0.0473 e. The number of nitrogens with zero attached hydrogens (tertiary/aromatic N) is 1. The normalized spacial score (nSPS) is 25.6. The van der Waals surface area contributed by atoms with Crippen LogP contribution in [0.1, 0.15) is 31.9 Å². The van der Waals surface area contributed by atoms with Gasteiger partial charge in [-0.25, -0.2) is 0 Å². The molecule has 0 radical (unpaired) electrons. The van der Waals surface area contributed by atoms with Crippen molar-refractivity contribution in [3.05, 3.63) is 35.9 Å². The molecule has 3 atom stereocenters. The van der Waals surface area contributed by atoms with Crippen molar-refractivity contribution in [1.82, 2.24) is 10.2 Å². The van der Waals surface area contributed by atoms with E-state index in [4.69, 9.17) is 0 Å². The van der Waals surface area contributed by atoms with Gasteiger partial charge in [-0.2, -0.15) is 11.8 Å². The van der Waals surface area contributed by atoms with Crippen molar-refractivity contribution in [2.75, 3.05) is 31.6 Å². The molecule has 2 rings (SSSR count). The molecule has 1 saturated heterocycles. The van der Waals surface area contributed by atoms with E-state index in [0.29, 0.717) is 12.1 Å². The van der Waals surface area contributed by atoms with Crippen molar-refractivity contribution in [2.24, 2.45) is 5.92 Å². The first kappa shape index (κ1) is 15.9. The van der Waals surface area contributed by atoms with E-state index in [9.17, 15) is 0 Å². The third kappa shape index (κ3) is 4.00. The topological polar surface area (TPSA) is 15.3 Å². The molecule has 1 aliphatic rings.